The maximum absolute atomic E-state index is 5.51. The number of thiocarbonyl (C=S) groups is 1. The van der Waals surface area contributed by atoms with Crippen LogP contribution in [0.15, 0.2) is 12.7 Å². The van der Waals surface area contributed by atoms with Crippen LogP contribution in [0.4, 0.5) is 0 Å². The second-order valence-corrected chi connectivity index (χ2v) is 6.48. The summed E-state index contributed by atoms with van der Waals surface area (Å²) < 4.78 is 1.10. The van der Waals surface area contributed by atoms with Crippen LogP contribution in [0, 0.1) is 0 Å². The van der Waals surface area contributed by atoms with Crippen molar-refractivity contribution < 1.29 is 0 Å². The van der Waals surface area contributed by atoms with Gasteiger partial charge in [-0.2, -0.15) is 0 Å². The van der Waals surface area contributed by atoms with Crippen LogP contribution in [-0.2, 0) is 0 Å². The molecule has 0 aromatic heterocycles. The lowest BCUT2D eigenvalue weighted by molar-refractivity contribution is 0.202. The van der Waals surface area contributed by atoms with Gasteiger partial charge in [0.1, 0.15) is 4.32 Å². The normalized spacial score (nSPS) is 16.8. The van der Waals surface area contributed by atoms with Gasteiger partial charge in [-0.05, 0) is 6.42 Å². The Morgan fingerprint density at radius 1 is 1.22 bits per heavy atom. The van der Waals surface area contributed by atoms with Gasteiger partial charge >= 0.3 is 0 Å². The lowest BCUT2D eigenvalue weighted by Gasteiger charge is -2.35. The van der Waals surface area contributed by atoms with Gasteiger partial charge in [0.2, 0.25) is 0 Å². The average Bonchev–Trinajstić information content (AvgIpc) is 2.39. The molecular formula is C14H26N2S2. The molecule has 1 heterocycles. The maximum Gasteiger partial charge on any atom is 0.136 e. The Kier molecular flexibility index (Phi) is 8.72. The number of unbranched alkanes of at least 4 members (excludes halogenated alkanes) is 3. The van der Waals surface area contributed by atoms with Gasteiger partial charge in [-0.15, -0.1) is 6.58 Å². The van der Waals surface area contributed by atoms with Gasteiger partial charge in [0.25, 0.3) is 0 Å². The molecule has 0 N–H and O–H groups in total. The van der Waals surface area contributed by atoms with Crippen molar-refractivity contribution in [2.24, 2.45) is 0 Å². The van der Waals surface area contributed by atoms with Gasteiger partial charge in [0, 0.05) is 38.5 Å². The van der Waals surface area contributed by atoms with Gasteiger partial charge in [-0.25, -0.2) is 0 Å². The molecule has 18 heavy (non-hydrogen) atoms. The molecule has 0 radical (unpaired) electrons. The molecule has 104 valence electrons. The number of nitrogens with zero attached hydrogens (tertiary/aromatic N) is 2. The fraction of sp³-hybridized carbons (Fsp3) is 0.786. The molecule has 4 heteroatoms. The van der Waals surface area contributed by atoms with Crippen molar-refractivity contribution in [2.45, 2.75) is 32.6 Å². The van der Waals surface area contributed by atoms with Gasteiger partial charge in [-0.1, -0.05) is 56.2 Å². The van der Waals surface area contributed by atoms with E-state index in [9.17, 15) is 0 Å². The molecule has 1 saturated heterocycles. The van der Waals surface area contributed by atoms with Crippen LogP contribution in [0.5, 0.6) is 0 Å². The summed E-state index contributed by atoms with van der Waals surface area (Å²) >= 11 is 7.37. The number of piperazine rings is 1. The molecule has 1 fully saturated rings. The van der Waals surface area contributed by atoms with Crippen LogP contribution in [0.2, 0.25) is 0 Å². The van der Waals surface area contributed by atoms with Crippen molar-refractivity contribution in [3.05, 3.63) is 12.7 Å². The standard InChI is InChI=1S/C14H26N2S2/c1-3-5-6-7-13-18-14(17)16-11-9-15(8-4-2)10-12-16/h4H,2-3,5-13H2,1H3. The van der Waals surface area contributed by atoms with Crippen LogP contribution in [0.1, 0.15) is 32.6 Å². The highest BCUT2D eigenvalue weighted by Crippen LogP contribution is 2.15. The Labute approximate surface area is 122 Å². The molecular weight excluding hydrogens is 260 g/mol. The van der Waals surface area contributed by atoms with E-state index in [1.165, 1.54) is 31.4 Å². The zero-order valence-corrected chi connectivity index (χ0v) is 13.2. The zero-order valence-electron chi connectivity index (χ0n) is 11.6. The van der Waals surface area contributed by atoms with E-state index in [1.54, 1.807) is 0 Å². The van der Waals surface area contributed by atoms with Crippen LogP contribution >= 0.6 is 24.0 Å². The summed E-state index contributed by atoms with van der Waals surface area (Å²) in [6, 6.07) is 0. The summed E-state index contributed by atoms with van der Waals surface area (Å²) in [5, 5.41) is 0. The van der Waals surface area contributed by atoms with Gasteiger partial charge in [0.05, 0.1) is 0 Å². The highest BCUT2D eigenvalue weighted by Gasteiger charge is 2.17. The molecule has 1 aliphatic rings. The fourth-order valence-electron chi connectivity index (χ4n) is 2.08. The van der Waals surface area contributed by atoms with E-state index in [4.69, 9.17) is 12.2 Å². The van der Waals surface area contributed by atoms with Crippen molar-refractivity contribution >= 4 is 28.3 Å². The minimum atomic E-state index is 1.00. The average molecular weight is 287 g/mol. The lowest BCUT2D eigenvalue weighted by atomic mass is 10.2. The molecule has 0 aromatic rings. The molecule has 2 nitrogen and oxygen atoms in total. The van der Waals surface area contributed by atoms with Gasteiger partial charge < -0.3 is 4.90 Å². The number of hydrogen-bond acceptors (Lipinski definition) is 3. The predicted molar refractivity (Wildman–Crippen MR) is 87.4 cm³/mol. The second kappa shape index (κ2) is 9.82. The Balaban J connectivity index is 2.10. The Bertz CT molecular complexity index is 248. The third-order valence-corrected chi connectivity index (χ3v) is 4.85. The Morgan fingerprint density at radius 3 is 2.56 bits per heavy atom. The topological polar surface area (TPSA) is 6.48 Å². The van der Waals surface area contributed by atoms with Crippen molar-refractivity contribution in [1.82, 2.24) is 9.80 Å². The molecule has 1 rings (SSSR count). The van der Waals surface area contributed by atoms with Crippen LogP contribution < -0.4 is 0 Å². The predicted octanol–water partition coefficient (Wildman–Crippen LogP) is 3.39. The molecule has 1 aliphatic heterocycles. The van der Waals surface area contributed by atoms with E-state index < -0.39 is 0 Å². The van der Waals surface area contributed by atoms with Crippen molar-refractivity contribution in [3.8, 4) is 0 Å². The molecule has 0 amide bonds. The van der Waals surface area contributed by atoms with Crippen molar-refractivity contribution in [2.75, 3.05) is 38.5 Å². The highest BCUT2D eigenvalue weighted by molar-refractivity contribution is 8.22. The Morgan fingerprint density at radius 2 is 1.94 bits per heavy atom. The van der Waals surface area contributed by atoms with E-state index in [2.05, 4.69) is 23.3 Å². The lowest BCUT2D eigenvalue weighted by Crippen LogP contribution is -2.47. The molecule has 0 atom stereocenters. The summed E-state index contributed by atoms with van der Waals surface area (Å²) in [7, 11) is 0. The fourth-order valence-corrected chi connectivity index (χ4v) is 3.40. The Hall–Kier alpha value is -0.0600. The summed E-state index contributed by atoms with van der Waals surface area (Å²) in [6.45, 7) is 11.4. The SMILES string of the molecule is C=CCN1CCN(C(=S)SCCCCCC)CC1. The molecule has 0 spiro atoms. The first kappa shape index (κ1) is 16.0. The smallest absolute Gasteiger partial charge is 0.136 e. The summed E-state index contributed by atoms with van der Waals surface area (Å²) in [5.74, 6) is 1.19. The van der Waals surface area contributed by atoms with Crippen molar-refractivity contribution in [3.63, 3.8) is 0 Å². The third-order valence-electron chi connectivity index (χ3n) is 3.24. The number of rotatable bonds is 7. The third kappa shape index (κ3) is 6.21. The molecule has 0 aliphatic carbocycles. The largest absolute Gasteiger partial charge is 0.355 e. The van der Waals surface area contributed by atoms with Gasteiger partial charge in [-0.3, -0.25) is 4.90 Å². The molecule has 0 unspecified atom stereocenters. The van der Waals surface area contributed by atoms with Crippen LogP contribution in [0.3, 0.4) is 0 Å². The van der Waals surface area contributed by atoms with E-state index in [-0.39, 0.29) is 0 Å². The van der Waals surface area contributed by atoms with Gasteiger partial charge in [0.15, 0.2) is 0 Å². The van der Waals surface area contributed by atoms with E-state index in [0.29, 0.717) is 0 Å². The summed E-state index contributed by atoms with van der Waals surface area (Å²) in [6.07, 6.45) is 7.29. The first-order valence-electron chi connectivity index (χ1n) is 7.03. The number of hydrogen-bond donors (Lipinski definition) is 0. The first-order valence-corrected chi connectivity index (χ1v) is 8.42. The minimum absolute atomic E-state index is 1.00. The van der Waals surface area contributed by atoms with Crippen LogP contribution in [-0.4, -0.2) is 52.6 Å². The zero-order chi connectivity index (χ0) is 13.2. The molecule has 0 bridgehead atoms. The van der Waals surface area contributed by atoms with E-state index in [0.717, 1.165) is 37.0 Å². The summed E-state index contributed by atoms with van der Waals surface area (Å²) in [5.41, 5.74) is 0. The monoisotopic (exact) mass is 286 g/mol. The second-order valence-electron chi connectivity index (χ2n) is 4.75. The highest BCUT2D eigenvalue weighted by atomic mass is 32.2. The quantitative estimate of drug-likeness (QED) is 0.402. The summed E-state index contributed by atoms with van der Waals surface area (Å²) in [4.78, 5) is 4.79. The van der Waals surface area contributed by atoms with E-state index >= 15 is 0 Å². The molecule has 0 aromatic carbocycles. The first-order chi connectivity index (χ1) is 8.77. The molecule has 0 saturated carbocycles. The maximum atomic E-state index is 5.51. The van der Waals surface area contributed by atoms with Crippen LogP contribution in [0.25, 0.3) is 0 Å². The minimum Gasteiger partial charge on any atom is -0.355 e. The number of thioether (sulfide) groups is 1. The van der Waals surface area contributed by atoms with Crippen molar-refractivity contribution in [1.29, 1.82) is 0 Å². The van der Waals surface area contributed by atoms with E-state index in [1.807, 2.05) is 17.8 Å².